The molecule has 5 heteroatoms. The van der Waals surface area contributed by atoms with E-state index in [0.717, 1.165) is 5.56 Å². The van der Waals surface area contributed by atoms with Crippen LogP contribution in [0.2, 0.25) is 0 Å². The average molecular weight is 236 g/mol. The van der Waals surface area contributed by atoms with Crippen LogP contribution in [0.15, 0.2) is 23.1 Å². The molecular weight excluding hydrogens is 223 g/mol. The van der Waals surface area contributed by atoms with Crippen molar-refractivity contribution in [2.45, 2.75) is 31.6 Å². The van der Waals surface area contributed by atoms with E-state index in [1.54, 1.807) is 13.0 Å². The Bertz CT molecular complexity index is 438. The maximum Gasteiger partial charge on any atom is 1.00 e. The molecule has 0 aliphatic heterocycles. The van der Waals surface area contributed by atoms with Crippen LogP contribution in [0, 0.1) is 6.92 Å². The van der Waals surface area contributed by atoms with Gasteiger partial charge in [0.25, 0.3) is 0 Å². The van der Waals surface area contributed by atoms with Crippen LogP contribution >= 0.6 is 0 Å². The number of benzene rings is 1. The molecule has 0 spiro atoms. The molecule has 0 amide bonds. The zero-order valence-corrected chi connectivity index (χ0v) is 12.3. The number of rotatable bonds is 2. The largest absolute Gasteiger partial charge is 1.00 e. The minimum atomic E-state index is -4.35. The SMILES string of the molecule is Cc1ccc(C(C)C)c(S(=O)(=O)[O-])c1.[Na+]. The first-order chi connectivity index (χ1) is 6.32. The van der Waals surface area contributed by atoms with Gasteiger partial charge in [-0.15, -0.1) is 0 Å². The van der Waals surface area contributed by atoms with E-state index in [-0.39, 0.29) is 40.4 Å². The van der Waals surface area contributed by atoms with Gasteiger partial charge >= 0.3 is 29.6 Å². The van der Waals surface area contributed by atoms with Gasteiger partial charge in [0.2, 0.25) is 0 Å². The maximum atomic E-state index is 11.0. The van der Waals surface area contributed by atoms with E-state index >= 15 is 0 Å². The second-order valence-electron chi connectivity index (χ2n) is 3.65. The topological polar surface area (TPSA) is 57.2 Å². The molecule has 0 aliphatic carbocycles. The van der Waals surface area contributed by atoms with Crippen molar-refractivity contribution >= 4 is 10.1 Å². The zero-order chi connectivity index (χ0) is 10.9. The Morgan fingerprint density at radius 1 is 1.27 bits per heavy atom. The first-order valence-electron chi connectivity index (χ1n) is 4.39. The van der Waals surface area contributed by atoms with Crippen LogP contribution in [0.1, 0.15) is 30.9 Å². The molecule has 1 aromatic carbocycles. The number of hydrogen-bond acceptors (Lipinski definition) is 3. The van der Waals surface area contributed by atoms with Gasteiger partial charge in [-0.25, -0.2) is 8.42 Å². The summed E-state index contributed by atoms with van der Waals surface area (Å²) in [5.74, 6) is 0.0364. The van der Waals surface area contributed by atoms with Gasteiger partial charge in [0, 0.05) is 0 Å². The van der Waals surface area contributed by atoms with Crippen molar-refractivity contribution in [3.05, 3.63) is 29.3 Å². The van der Waals surface area contributed by atoms with Gasteiger partial charge in [-0.1, -0.05) is 26.0 Å². The van der Waals surface area contributed by atoms with Gasteiger partial charge in [-0.05, 0) is 30.0 Å². The van der Waals surface area contributed by atoms with Gasteiger partial charge in [0.1, 0.15) is 10.1 Å². The van der Waals surface area contributed by atoms with Crippen LogP contribution in [0.5, 0.6) is 0 Å². The standard InChI is InChI=1S/C10H14O3S.Na/c1-7(2)9-5-4-8(3)6-10(9)14(11,12)13;/h4-7H,1-3H3,(H,11,12,13);/q;+1/p-1. The van der Waals surface area contributed by atoms with E-state index in [0.29, 0.717) is 5.56 Å². The van der Waals surface area contributed by atoms with Crippen molar-refractivity contribution in [2.24, 2.45) is 0 Å². The van der Waals surface area contributed by atoms with Gasteiger partial charge in [0.05, 0.1) is 4.90 Å². The summed E-state index contributed by atoms with van der Waals surface area (Å²) in [6.07, 6.45) is 0. The summed E-state index contributed by atoms with van der Waals surface area (Å²) >= 11 is 0. The third-order valence-electron chi connectivity index (χ3n) is 2.06. The first-order valence-corrected chi connectivity index (χ1v) is 5.79. The Labute approximate surface area is 113 Å². The van der Waals surface area contributed by atoms with Gasteiger partial charge in [-0.3, -0.25) is 0 Å². The van der Waals surface area contributed by atoms with Crippen LogP contribution < -0.4 is 29.6 Å². The fraction of sp³-hybridized carbons (Fsp3) is 0.400. The van der Waals surface area contributed by atoms with Crippen LogP contribution in [-0.2, 0) is 10.1 Å². The molecule has 78 valence electrons. The van der Waals surface area contributed by atoms with Crippen LogP contribution in [-0.4, -0.2) is 13.0 Å². The Balaban J connectivity index is 0.00000196. The first kappa shape index (κ1) is 15.1. The summed E-state index contributed by atoms with van der Waals surface area (Å²) in [6, 6.07) is 4.94. The van der Waals surface area contributed by atoms with Gasteiger partial charge in [0.15, 0.2) is 0 Å². The third kappa shape index (κ3) is 3.89. The molecule has 0 atom stereocenters. The maximum absolute atomic E-state index is 11.0. The van der Waals surface area contributed by atoms with E-state index < -0.39 is 10.1 Å². The van der Waals surface area contributed by atoms with E-state index in [2.05, 4.69) is 0 Å². The summed E-state index contributed by atoms with van der Waals surface area (Å²) in [5, 5.41) is 0. The molecule has 0 N–H and O–H groups in total. The van der Waals surface area contributed by atoms with Crippen LogP contribution in [0.3, 0.4) is 0 Å². The van der Waals surface area contributed by atoms with E-state index in [1.165, 1.54) is 6.07 Å². The summed E-state index contributed by atoms with van der Waals surface area (Å²) in [6.45, 7) is 5.48. The van der Waals surface area contributed by atoms with E-state index in [1.807, 2.05) is 19.9 Å². The predicted octanol–water partition coefficient (Wildman–Crippen LogP) is -0.973. The Morgan fingerprint density at radius 2 is 1.80 bits per heavy atom. The molecular formula is C10H13NaO3S. The third-order valence-corrected chi connectivity index (χ3v) is 2.95. The Morgan fingerprint density at radius 3 is 2.20 bits per heavy atom. The van der Waals surface area contributed by atoms with E-state index in [4.69, 9.17) is 0 Å². The van der Waals surface area contributed by atoms with Crippen molar-refractivity contribution in [2.75, 3.05) is 0 Å². The molecule has 0 heterocycles. The fourth-order valence-electron chi connectivity index (χ4n) is 1.34. The summed E-state index contributed by atoms with van der Waals surface area (Å²) < 4.78 is 32.9. The molecule has 0 radical (unpaired) electrons. The molecule has 0 saturated heterocycles. The monoisotopic (exact) mass is 236 g/mol. The molecule has 0 saturated carbocycles. The normalized spacial score (nSPS) is 11.3. The van der Waals surface area contributed by atoms with Gasteiger partial charge < -0.3 is 4.55 Å². The van der Waals surface area contributed by atoms with Crippen molar-refractivity contribution < 1.29 is 42.5 Å². The smallest absolute Gasteiger partial charge is 0.744 e. The minimum absolute atomic E-state index is 0. The van der Waals surface area contributed by atoms with Gasteiger partial charge in [-0.2, -0.15) is 0 Å². The summed E-state index contributed by atoms with van der Waals surface area (Å²) in [7, 11) is -4.35. The molecule has 3 nitrogen and oxygen atoms in total. The zero-order valence-electron chi connectivity index (χ0n) is 9.44. The molecule has 1 rings (SSSR count). The Hall–Kier alpha value is 0.130. The second kappa shape index (κ2) is 5.46. The van der Waals surface area contributed by atoms with Crippen molar-refractivity contribution in [3.8, 4) is 0 Å². The van der Waals surface area contributed by atoms with Crippen molar-refractivity contribution in [3.63, 3.8) is 0 Å². The fourth-order valence-corrected chi connectivity index (χ4v) is 2.26. The van der Waals surface area contributed by atoms with Crippen molar-refractivity contribution in [1.29, 1.82) is 0 Å². The van der Waals surface area contributed by atoms with Crippen LogP contribution in [0.25, 0.3) is 0 Å². The Kier molecular flexibility index (Phi) is 5.50. The molecule has 0 aliphatic rings. The number of aryl methyl sites for hydroxylation is 1. The quantitative estimate of drug-likeness (QED) is 0.490. The summed E-state index contributed by atoms with van der Waals surface area (Å²) in [4.78, 5) is -0.0903. The minimum Gasteiger partial charge on any atom is -0.744 e. The van der Waals surface area contributed by atoms with E-state index in [9.17, 15) is 13.0 Å². The predicted molar refractivity (Wildman–Crippen MR) is 53.2 cm³/mol. The molecule has 0 aromatic heterocycles. The molecule has 1 aromatic rings. The second-order valence-corrected chi connectivity index (χ2v) is 5.00. The number of hydrogen-bond donors (Lipinski definition) is 0. The van der Waals surface area contributed by atoms with Crippen LogP contribution in [0.4, 0.5) is 0 Å². The van der Waals surface area contributed by atoms with Crippen molar-refractivity contribution in [1.82, 2.24) is 0 Å². The average Bonchev–Trinajstić information content (AvgIpc) is 2.01. The molecule has 15 heavy (non-hydrogen) atoms. The summed E-state index contributed by atoms with van der Waals surface area (Å²) in [5.41, 5.74) is 1.37. The molecule has 0 fully saturated rings. The molecule has 0 unspecified atom stereocenters. The molecule has 0 bridgehead atoms.